The van der Waals surface area contributed by atoms with Crippen LogP contribution in [0.25, 0.3) is 0 Å². The fourth-order valence-corrected chi connectivity index (χ4v) is 4.36. The Bertz CT molecular complexity index is 1200. The van der Waals surface area contributed by atoms with Crippen LogP contribution >= 0.6 is 11.6 Å². The van der Waals surface area contributed by atoms with Crippen molar-refractivity contribution in [3.63, 3.8) is 0 Å². The molecule has 0 saturated heterocycles. The molecule has 0 atom stereocenters. The Morgan fingerprint density at radius 2 is 1.88 bits per heavy atom. The summed E-state index contributed by atoms with van der Waals surface area (Å²) in [4.78, 5) is 14.4. The Hall–Kier alpha value is -3.04. The van der Waals surface area contributed by atoms with Gasteiger partial charge in [0, 0.05) is 18.3 Å². The zero-order valence-electron chi connectivity index (χ0n) is 18.2. The van der Waals surface area contributed by atoms with Crippen LogP contribution in [0.2, 0.25) is 5.02 Å². The molecule has 8 nitrogen and oxygen atoms in total. The number of carbonyl (C=O) groups is 1. The number of aryl methyl sites for hydroxylation is 2. The number of aromatic nitrogens is 1. The van der Waals surface area contributed by atoms with Gasteiger partial charge in [-0.15, -0.1) is 0 Å². The molecule has 0 aliphatic rings. The standard InChI is InChI=1S/C22H24ClN3O5S/c1-5-30-17-8-6-16(7-9-17)25-32(28,29)18-10-11-21(23)19(12-18)22(27)26(4)13-20-14(2)24-31-15(20)3/h6-12,25H,5,13H2,1-4H3. The predicted octanol–water partition coefficient (Wildman–Crippen LogP) is 4.42. The van der Waals surface area contributed by atoms with Crippen LogP contribution in [-0.4, -0.2) is 38.0 Å². The van der Waals surface area contributed by atoms with Gasteiger partial charge in [0.1, 0.15) is 11.5 Å². The summed E-state index contributed by atoms with van der Waals surface area (Å²) in [5.41, 5.74) is 1.92. The molecule has 0 aliphatic carbocycles. The third kappa shape index (κ3) is 5.23. The van der Waals surface area contributed by atoms with E-state index in [0.29, 0.717) is 29.5 Å². The van der Waals surface area contributed by atoms with Gasteiger partial charge in [-0.1, -0.05) is 16.8 Å². The van der Waals surface area contributed by atoms with E-state index in [-0.39, 0.29) is 22.0 Å². The number of rotatable bonds is 8. The number of anilines is 1. The first kappa shape index (κ1) is 23.6. The van der Waals surface area contributed by atoms with Crippen molar-refractivity contribution >= 4 is 33.2 Å². The number of sulfonamides is 1. The summed E-state index contributed by atoms with van der Waals surface area (Å²) >= 11 is 6.23. The molecule has 0 bridgehead atoms. The van der Waals surface area contributed by atoms with Crippen molar-refractivity contribution in [3.8, 4) is 5.75 Å². The van der Waals surface area contributed by atoms with E-state index in [0.717, 1.165) is 5.56 Å². The molecule has 10 heteroatoms. The smallest absolute Gasteiger partial charge is 0.261 e. The normalized spacial score (nSPS) is 11.3. The van der Waals surface area contributed by atoms with Crippen LogP contribution in [0.1, 0.15) is 34.3 Å². The average molecular weight is 478 g/mol. The van der Waals surface area contributed by atoms with E-state index in [4.69, 9.17) is 20.9 Å². The molecular formula is C22H24ClN3O5S. The van der Waals surface area contributed by atoms with Crippen LogP contribution in [0.15, 0.2) is 51.9 Å². The number of ether oxygens (including phenoxy) is 1. The molecule has 1 amide bonds. The molecule has 170 valence electrons. The molecule has 3 rings (SSSR count). The highest BCUT2D eigenvalue weighted by molar-refractivity contribution is 7.92. The van der Waals surface area contributed by atoms with Gasteiger partial charge in [-0.3, -0.25) is 9.52 Å². The Morgan fingerprint density at radius 1 is 1.19 bits per heavy atom. The molecule has 0 fully saturated rings. The Balaban J connectivity index is 1.82. The highest BCUT2D eigenvalue weighted by Gasteiger charge is 2.22. The molecule has 3 aromatic rings. The molecule has 0 spiro atoms. The summed E-state index contributed by atoms with van der Waals surface area (Å²) in [6.07, 6.45) is 0. The van der Waals surface area contributed by atoms with Crippen molar-refractivity contribution in [2.24, 2.45) is 0 Å². The molecular weight excluding hydrogens is 454 g/mol. The quantitative estimate of drug-likeness (QED) is 0.515. The number of hydrogen-bond acceptors (Lipinski definition) is 6. The van der Waals surface area contributed by atoms with Gasteiger partial charge in [-0.25, -0.2) is 8.42 Å². The van der Waals surface area contributed by atoms with Gasteiger partial charge >= 0.3 is 0 Å². The van der Waals surface area contributed by atoms with Crippen molar-refractivity contribution < 1.29 is 22.5 Å². The highest BCUT2D eigenvalue weighted by atomic mass is 35.5. The van der Waals surface area contributed by atoms with Crippen molar-refractivity contribution in [3.05, 3.63) is 70.1 Å². The number of amides is 1. The van der Waals surface area contributed by atoms with Crippen LogP contribution < -0.4 is 9.46 Å². The first-order valence-corrected chi connectivity index (χ1v) is 11.7. The number of halogens is 1. The predicted molar refractivity (Wildman–Crippen MR) is 122 cm³/mol. The molecule has 1 heterocycles. The third-order valence-electron chi connectivity index (χ3n) is 4.82. The monoisotopic (exact) mass is 477 g/mol. The third-order valence-corrected chi connectivity index (χ3v) is 6.53. The van der Waals surface area contributed by atoms with E-state index in [1.54, 1.807) is 45.2 Å². The van der Waals surface area contributed by atoms with E-state index in [1.807, 2.05) is 6.92 Å². The van der Waals surface area contributed by atoms with Gasteiger partial charge in [-0.2, -0.15) is 0 Å². The Morgan fingerprint density at radius 3 is 2.47 bits per heavy atom. The molecule has 0 aliphatic heterocycles. The number of carbonyl (C=O) groups excluding carboxylic acids is 1. The largest absolute Gasteiger partial charge is 0.494 e. The molecule has 0 saturated carbocycles. The van der Waals surface area contributed by atoms with Crippen molar-refractivity contribution in [2.45, 2.75) is 32.2 Å². The summed E-state index contributed by atoms with van der Waals surface area (Å²) in [5, 5.41) is 4.04. The summed E-state index contributed by atoms with van der Waals surface area (Å²) < 4.78 is 38.8. The summed E-state index contributed by atoms with van der Waals surface area (Å²) in [5.74, 6) is 0.827. The second-order valence-corrected chi connectivity index (χ2v) is 9.26. The minimum Gasteiger partial charge on any atom is -0.494 e. The summed E-state index contributed by atoms with van der Waals surface area (Å²) in [6.45, 7) is 6.17. The summed E-state index contributed by atoms with van der Waals surface area (Å²) in [7, 11) is -2.34. The van der Waals surface area contributed by atoms with Gasteiger partial charge < -0.3 is 14.2 Å². The number of benzene rings is 2. The lowest BCUT2D eigenvalue weighted by Gasteiger charge is -2.18. The van der Waals surface area contributed by atoms with Gasteiger partial charge in [0.2, 0.25) is 0 Å². The highest BCUT2D eigenvalue weighted by Crippen LogP contribution is 2.25. The average Bonchev–Trinajstić information content (AvgIpc) is 3.06. The maximum Gasteiger partial charge on any atom is 0.261 e. The molecule has 0 radical (unpaired) electrons. The molecule has 0 unspecified atom stereocenters. The van der Waals surface area contributed by atoms with E-state index in [2.05, 4.69) is 9.88 Å². The van der Waals surface area contributed by atoms with Gasteiger partial charge in [0.25, 0.3) is 15.9 Å². The van der Waals surface area contributed by atoms with Crippen LogP contribution in [0.3, 0.4) is 0 Å². The van der Waals surface area contributed by atoms with E-state index >= 15 is 0 Å². The fraction of sp³-hybridized carbons (Fsp3) is 0.273. The lowest BCUT2D eigenvalue weighted by atomic mass is 10.1. The Labute approximate surface area is 192 Å². The lowest BCUT2D eigenvalue weighted by Crippen LogP contribution is -2.27. The van der Waals surface area contributed by atoms with Crippen LogP contribution in [0, 0.1) is 13.8 Å². The zero-order chi connectivity index (χ0) is 23.5. The maximum atomic E-state index is 13.0. The SMILES string of the molecule is CCOc1ccc(NS(=O)(=O)c2ccc(Cl)c(C(=O)N(C)Cc3c(C)noc3C)c2)cc1. The minimum atomic E-state index is -3.95. The van der Waals surface area contributed by atoms with E-state index in [9.17, 15) is 13.2 Å². The second-order valence-electron chi connectivity index (χ2n) is 7.17. The minimum absolute atomic E-state index is 0.0788. The van der Waals surface area contributed by atoms with Gasteiger partial charge in [-0.05, 0) is 63.2 Å². The van der Waals surface area contributed by atoms with Crippen LogP contribution in [0.5, 0.6) is 5.75 Å². The zero-order valence-corrected chi connectivity index (χ0v) is 19.7. The van der Waals surface area contributed by atoms with Crippen molar-refractivity contribution in [2.75, 3.05) is 18.4 Å². The number of hydrogen-bond donors (Lipinski definition) is 1. The fourth-order valence-electron chi connectivity index (χ4n) is 3.08. The van der Waals surface area contributed by atoms with Crippen molar-refractivity contribution in [1.82, 2.24) is 10.1 Å². The Kier molecular flexibility index (Phi) is 7.10. The molecule has 1 N–H and O–H groups in total. The van der Waals surface area contributed by atoms with Crippen LogP contribution in [0.4, 0.5) is 5.69 Å². The first-order chi connectivity index (χ1) is 15.1. The molecule has 32 heavy (non-hydrogen) atoms. The molecule has 2 aromatic carbocycles. The molecule has 1 aromatic heterocycles. The van der Waals surface area contributed by atoms with E-state index in [1.165, 1.54) is 23.1 Å². The van der Waals surface area contributed by atoms with E-state index < -0.39 is 15.9 Å². The van der Waals surface area contributed by atoms with Crippen molar-refractivity contribution in [1.29, 1.82) is 0 Å². The van der Waals surface area contributed by atoms with Crippen LogP contribution in [-0.2, 0) is 16.6 Å². The number of nitrogens with zero attached hydrogens (tertiary/aromatic N) is 2. The second kappa shape index (κ2) is 9.62. The number of nitrogens with one attached hydrogen (secondary N) is 1. The first-order valence-electron chi connectivity index (χ1n) is 9.84. The summed E-state index contributed by atoms with van der Waals surface area (Å²) in [6, 6.07) is 10.6. The maximum absolute atomic E-state index is 13.0. The lowest BCUT2D eigenvalue weighted by molar-refractivity contribution is 0.0784. The van der Waals surface area contributed by atoms with Gasteiger partial charge in [0.05, 0.1) is 34.3 Å². The topological polar surface area (TPSA) is 102 Å². The van der Waals surface area contributed by atoms with Gasteiger partial charge in [0.15, 0.2) is 0 Å².